The Hall–Kier alpha value is -2.47. The Morgan fingerprint density at radius 3 is 2.67 bits per heavy atom. The molecule has 5 unspecified atom stereocenters. The predicted octanol–water partition coefficient (Wildman–Crippen LogP) is 5.87. The summed E-state index contributed by atoms with van der Waals surface area (Å²) < 4.78 is 35.7. The number of hydrogen-bond donors (Lipinski definition) is 1. The Balaban J connectivity index is 1.30. The molecule has 9 nitrogen and oxygen atoms in total. The number of hydrogen-bond acceptors (Lipinski definition) is 8. The van der Waals surface area contributed by atoms with Crippen molar-refractivity contribution in [3.63, 3.8) is 0 Å². The monoisotopic (exact) mass is 752 g/mol. The summed E-state index contributed by atoms with van der Waals surface area (Å²) in [6.07, 6.45) is 11.2. The number of benzene rings is 2. The van der Waals surface area contributed by atoms with Crippen LogP contribution >= 0.6 is 11.6 Å². The van der Waals surface area contributed by atoms with Gasteiger partial charge in [-0.2, -0.15) is 0 Å². The van der Waals surface area contributed by atoms with Crippen LogP contribution in [0.3, 0.4) is 0 Å². The third-order valence-corrected chi connectivity index (χ3v) is 14.7. The van der Waals surface area contributed by atoms with Crippen LogP contribution < -0.4 is 14.4 Å². The molecular formula is C41H57ClN4O5S. The SMILES string of the molecule is COCCC1C(C)C/C=C/[C@](CN2CCN(C)CC2)(OC)C2CCC2CN2C[C@@]3(CCCc4cc(Cl)ccc43)COc3ccc(cc32)C(=O)NS1=O. The van der Waals surface area contributed by atoms with E-state index in [2.05, 4.69) is 57.7 Å². The fourth-order valence-electron chi connectivity index (χ4n) is 9.60. The number of rotatable bonds is 6. The quantitative estimate of drug-likeness (QED) is 0.368. The zero-order valence-electron chi connectivity index (χ0n) is 31.4. The van der Waals surface area contributed by atoms with Gasteiger partial charge in [0.15, 0.2) is 0 Å². The molecule has 52 heavy (non-hydrogen) atoms. The van der Waals surface area contributed by atoms with Crippen LogP contribution in [0, 0.1) is 17.8 Å². The molecule has 7 rings (SSSR count). The van der Waals surface area contributed by atoms with Gasteiger partial charge >= 0.3 is 0 Å². The molecule has 2 bridgehead atoms. The minimum absolute atomic E-state index is 0.0520. The van der Waals surface area contributed by atoms with E-state index in [1.54, 1.807) is 7.11 Å². The van der Waals surface area contributed by atoms with Gasteiger partial charge in [-0.3, -0.25) is 14.4 Å². The van der Waals surface area contributed by atoms with E-state index in [4.69, 9.17) is 25.8 Å². The number of allylic oxidation sites excluding steroid dienone is 1. The molecule has 284 valence electrons. The number of carbonyl (C=O) groups is 1. The Labute approximate surface area is 317 Å². The first-order chi connectivity index (χ1) is 25.1. The number of piperazine rings is 1. The maximum atomic E-state index is 13.9. The molecule has 0 radical (unpaired) electrons. The third-order valence-electron chi connectivity index (χ3n) is 12.9. The van der Waals surface area contributed by atoms with Crippen molar-refractivity contribution in [1.82, 2.24) is 14.5 Å². The first-order valence-corrected chi connectivity index (χ1v) is 20.9. The summed E-state index contributed by atoms with van der Waals surface area (Å²) in [6.45, 7) is 9.76. The van der Waals surface area contributed by atoms with E-state index in [-0.39, 0.29) is 22.5 Å². The number of halogens is 1. The number of amides is 1. The standard InChI is InChI=1S/C41H57ClN4O5S/c1-29-7-5-17-41(50-4,27-45-20-18-44(2)19-21-45)35-12-9-32(35)25-46-26-40(16-6-8-30-23-33(42)11-13-34(30)40)28-51-37-14-10-31(24-36(37)46)39(47)43-52(48)38(29)15-22-49-3/h5,10-11,13-14,17,23-24,29,32,35,38H,6-9,12,15-16,18-22,25-28H2,1-4H3,(H,43,47)/b17-5+/t29?,32?,35?,38?,40-,41+,52?/m0/s1. The van der Waals surface area contributed by atoms with Gasteiger partial charge in [0, 0.05) is 82.6 Å². The first-order valence-electron chi connectivity index (χ1n) is 19.3. The predicted molar refractivity (Wildman–Crippen MR) is 209 cm³/mol. The number of aryl methyl sites for hydroxylation is 1. The molecule has 1 N–H and O–H groups in total. The van der Waals surface area contributed by atoms with Crippen LogP contribution in [0.1, 0.15) is 66.9 Å². The molecule has 11 heteroatoms. The number of ether oxygens (including phenoxy) is 3. The topological polar surface area (TPSA) is 83.6 Å². The lowest BCUT2D eigenvalue weighted by molar-refractivity contribution is -0.0949. The van der Waals surface area contributed by atoms with Crippen LogP contribution in [0.4, 0.5) is 5.69 Å². The largest absolute Gasteiger partial charge is 0.490 e. The van der Waals surface area contributed by atoms with Crippen molar-refractivity contribution in [3.05, 3.63) is 70.3 Å². The lowest BCUT2D eigenvalue weighted by Gasteiger charge is -2.52. The molecule has 2 aromatic rings. The average molecular weight is 753 g/mol. The molecule has 1 saturated carbocycles. The number of methoxy groups -OCH3 is 2. The van der Waals surface area contributed by atoms with Crippen LogP contribution in [-0.2, 0) is 32.3 Å². The highest BCUT2D eigenvalue weighted by Gasteiger charge is 2.50. The number of anilines is 1. The van der Waals surface area contributed by atoms with Crippen molar-refractivity contribution in [3.8, 4) is 5.75 Å². The molecule has 0 aromatic heterocycles. The lowest BCUT2D eigenvalue weighted by Crippen LogP contribution is -2.58. The molecular weight excluding hydrogens is 696 g/mol. The van der Waals surface area contributed by atoms with Crippen molar-refractivity contribution in [2.45, 2.75) is 68.1 Å². The Morgan fingerprint density at radius 2 is 1.92 bits per heavy atom. The second-order valence-electron chi connectivity index (χ2n) is 16.1. The van der Waals surface area contributed by atoms with E-state index >= 15 is 0 Å². The van der Waals surface area contributed by atoms with Crippen LogP contribution in [0.5, 0.6) is 5.75 Å². The molecule has 2 fully saturated rings. The van der Waals surface area contributed by atoms with Crippen molar-refractivity contribution in [2.24, 2.45) is 17.8 Å². The van der Waals surface area contributed by atoms with Crippen LogP contribution in [0.25, 0.3) is 0 Å². The van der Waals surface area contributed by atoms with Crippen LogP contribution in [-0.4, -0.2) is 111 Å². The van der Waals surface area contributed by atoms with E-state index in [1.807, 2.05) is 31.4 Å². The van der Waals surface area contributed by atoms with Gasteiger partial charge in [-0.05, 0) is 111 Å². The fourth-order valence-corrected chi connectivity index (χ4v) is 11.1. The van der Waals surface area contributed by atoms with Gasteiger partial charge < -0.3 is 24.0 Å². The van der Waals surface area contributed by atoms with Gasteiger partial charge in [-0.1, -0.05) is 36.7 Å². The highest BCUT2D eigenvalue weighted by molar-refractivity contribution is 7.84. The van der Waals surface area contributed by atoms with E-state index in [0.717, 1.165) is 101 Å². The molecule has 3 heterocycles. The molecule has 1 spiro atoms. The molecule has 7 atom stereocenters. The average Bonchev–Trinajstić information content (AvgIpc) is 3.27. The minimum Gasteiger partial charge on any atom is -0.490 e. The van der Waals surface area contributed by atoms with Gasteiger partial charge in [0.2, 0.25) is 0 Å². The van der Waals surface area contributed by atoms with Gasteiger partial charge in [-0.25, -0.2) is 4.21 Å². The van der Waals surface area contributed by atoms with Crippen molar-refractivity contribution < 1.29 is 23.2 Å². The maximum absolute atomic E-state index is 13.9. The van der Waals surface area contributed by atoms with Crippen molar-refractivity contribution in [1.29, 1.82) is 0 Å². The van der Waals surface area contributed by atoms with E-state index in [1.165, 1.54) is 11.1 Å². The Morgan fingerprint density at radius 1 is 1.10 bits per heavy atom. The van der Waals surface area contributed by atoms with Crippen molar-refractivity contribution in [2.75, 3.05) is 85.2 Å². The summed E-state index contributed by atoms with van der Waals surface area (Å²) >= 11 is 6.52. The molecule has 5 aliphatic rings. The van der Waals surface area contributed by atoms with E-state index in [0.29, 0.717) is 37.0 Å². The highest BCUT2D eigenvalue weighted by Crippen LogP contribution is 2.49. The first kappa shape index (κ1) is 37.8. The Kier molecular flexibility index (Phi) is 11.7. The summed E-state index contributed by atoms with van der Waals surface area (Å²) in [5, 5.41) is 0.500. The molecule has 1 amide bonds. The third kappa shape index (κ3) is 7.71. The van der Waals surface area contributed by atoms with Crippen molar-refractivity contribution >= 4 is 34.2 Å². The van der Waals surface area contributed by atoms with Gasteiger partial charge in [-0.15, -0.1) is 0 Å². The molecule has 3 aliphatic heterocycles. The number of nitrogens with zero attached hydrogens (tertiary/aromatic N) is 3. The fraction of sp³-hybridized carbons (Fsp3) is 0.634. The number of fused-ring (bicyclic) bond motifs is 4. The number of carbonyl (C=O) groups excluding carboxylic acids is 1. The van der Waals surface area contributed by atoms with Gasteiger partial charge in [0.25, 0.3) is 5.91 Å². The van der Waals surface area contributed by atoms with E-state index in [9.17, 15) is 9.00 Å². The Bertz CT molecular complexity index is 1650. The van der Waals surface area contributed by atoms with E-state index < -0.39 is 16.6 Å². The zero-order chi connectivity index (χ0) is 36.5. The maximum Gasteiger partial charge on any atom is 0.263 e. The van der Waals surface area contributed by atoms with Gasteiger partial charge in [0.05, 0.1) is 17.5 Å². The summed E-state index contributed by atoms with van der Waals surface area (Å²) in [6, 6.07) is 12.1. The van der Waals surface area contributed by atoms with Crippen LogP contribution in [0.2, 0.25) is 5.02 Å². The summed E-state index contributed by atoms with van der Waals surface area (Å²) in [7, 11) is 4.15. The summed E-state index contributed by atoms with van der Waals surface area (Å²) in [4.78, 5) is 21.3. The zero-order valence-corrected chi connectivity index (χ0v) is 33.0. The summed E-state index contributed by atoms with van der Waals surface area (Å²) in [5.74, 6) is 1.22. The second kappa shape index (κ2) is 16.1. The molecule has 1 saturated heterocycles. The minimum atomic E-state index is -1.61. The smallest absolute Gasteiger partial charge is 0.263 e. The summed E-state index contributed by atoms with van der Waals surface area (Å²) in [5.41, 5.74) is 3.37. The molecule has 2 aliphatic carbocycles. The lowest BCUT2D eigenvalue weighted by atomic mass is 9.63. The van der Waals surface area contributed by atoms with Crippen LogP contribution in [0.15, 0.2) is 48.6 Å². The highest BCUT2D eigenvalue weighted by atomic mass is 35.5. The normalized spacial score (nSPS) is 33.6. The number of nitrogens with one attached hydrogen (secondary N) is 1. The second-order valence-corrected chi connectivity index (χ2v) is 18.0. The van der Waals surface area contributed by atoms with Gasteiger partial charge in [0.1, 0.15) is 22.3 Å². The number of likely N-dealkylation sites (N-methyl/N-ethyl adjacent to an activating group) is 1. The molecule has 2 aromatic carbocycles.